The summed E-state index contributed by atoms with van der Waals surface area (Å²) in [7, 11) is -4.13. The molecule has 0 aliphatic heterocycles. The highest BCUT2D eigenvalue weighted by Crippen LogP contribution is 2.22. The van der Waals surface area contributed by atoms with Crippen LogP contribution >= 0.6 is 0 Å². The third-order valence-electron chi connectivity index (χ3n) is 2.52. The number of azide groups is 1. The first kappa shape index (κ1) is 16.0. The lowest BCUT2D eigenvalue weighted by atomic mass is 10.1. The smallest absolute Gasteiger partial charge is 0.338 e. The average molecular weight is 297 g/mol. The molecule has 1 rings (SSSR count). The van der Waals surface area contributed by atoms with Gasteiger partial charge in [-0.05, 0) is 36.6 Å². The Morgan fingerprint density at radius 2 is 2.10 bits per heavy atom. The van der Waals surface area contributed by atoms with Crippen molar-refractivity contribution in [3.63, 3.8) is 0 Å². The highest BCUT2D eigenvalue weighted by atomic mass is 32.2. The molecule has 1 aromatic rings. The van der Waals surface area contributed by atoms with Crippen LogP contribution in [-0.4, -0.2) is 21.0 Å². The molecule has 1 aromatic carbocycles. The molecule has 8 heteroatoms. The van der Waals surface area contributed by atoms with Gasteiger partial charge in [0.1, 0.15) is 0 Å². The second kappa shape index (κ2) is 6.93. The van der Waals surface area contributed by atoms with Crippen LogP contribution in [0.25, 0.3) is 10.4 Å². The van der Waals surface area contributed by atoms with Gasteiger partial charge < -0.3 is 4.74 Å². The number of ether oxygens (including phenoxy) is 1. The van der Waals surface area contributed by atoms with Gasteiger partial charge in [0.05, 0.1) is 17.1 Å². The molecular formula is C12H15N3O4S. The summed E-state index contributed by atoms with van der Waals surface area (Å²) in [5, 5.41) is 0. The Kier molecular flexibility index (Phi) is 5.54. The van der Waals surface area contributed by atoms with Gasteiger partial charge in [0.2, 0.25) is 0 Å². The summed E-state index contributed by atoms with van der Waals surface area (Å²) < 4.78 is 31.4. The largest absolute Gasteiger partial charge is 0.462 e. The van der Waals surface area contributed by atoms with E-state index in [4.69, 9.17) is 10.3 Å². The number of rotatable bonds is 6. The summed E-state index contributed by atoms with van der Waals surface area (Å²) in [6.45, 7) is 3.73. The maximum Gasteiger partial charge on any atom is 0.338 e. The molecule has 0 spiro atoms. The number of benzene rings is 1. The Balaban J connectivity index is 3.40. The van der Waals surface area contributed by atoms with Crippen LogP contribution in [0.2, 0.25) is 0 Å². The van der Waals surface area contributed by atoms with E-state index >= 15 is 0 Å². The Labute approximate surface area is 117 Å². The molecule has 20 heavy (non-hydrogen) atoms. The van der Waals surface area contributed by atoms with Crippen molar-refractivity contribution < 1.29 is 17.9 Å². The zero-order valence-corrected chi connectivity index (χ0v) is 12.1. The van der Waals surface area contributed by atoms with Crippen molar-refractivity contribution in [3.05, 3.63) is 39.8 Å². The van der Waals surface area contributed by atoms with Crippen molar-refractivity contribution in [3.8, 4) is 0 Å². The van der Waals surface area contributed by atoms with Crippen molar-refractivity contribution in [1.82, 2.24) is 0 Å². The molecule has 0 fully saturated rings. The fourth-order valence-corrected chi connectivity index (χ4v) is 2.67. The third-order valence-corrected chi connectivity index (χ3v) is 3.74. The number of carbonyl (C=O) groups excluding carboxylic acids is 1. The van der Waals surface area contributed by atoms with Gasteiger partial charge in [0.15, 0.2) is 0 Å². The first-order valence-corrected chi connectivity index (χ1v) is 7.51. The van der Waals surface area contributed by atoms with E-state index < -0.39 is 16.0 Å². The monoisotopic (exact) mass is 297 g/mol. The SMILES string of the molecule is CCCc1ccc(C(=O)OCC)cc1S(=O)(=O)N=[N+]=[N-]. The lowest BCUT2D eigenvalue weighted by molar-refractivity contribution is 0.0526. The predicted molar refractivity (Wildman–Crippen MR) is 72.7 cm³/mol. The molecule has 0 saturated carbocycles. The van der Waals surface area contributed by atoms with Gasteiger partial charge in [-0.2, -0.15) is 0 Å². The van der Waals surface area contributed by atoms with Crippen LogP contribution in [-0.2, 0) is 21.2 Å². The molecule has 0 saturated heterocycles. The molecule has 0 aliphatic carbocycles. The first-order valence-electron chi connectivity index (χ1n) is 6.07. The minimum Gasteiger partial charge on any atom is -0.462 e. The van der Waals surface area contributed by atoms with Crippen LogP contribution < -0.4 is 0 Å². The molecule has 0 amide bonds. The second-order valence-corrected chi connectivity index (χ2v) is 5.49. The number of hydrogen-bond acceptors (Lipinski definition) is 4. The highest BCUT2D eigenvalue weighted by Gasteiger charge is 2.19. The zero-order valence-electron chi connectivity index (χ0n) is 11.2. The Morgan fingerprint density at radius 3 is 2.65 bits per heavy atom. The summed E-state index contributed by atoms with van der Waals surface area (Å²) >= 11 is 0. The van der Waals surface area contributed by atoms with Gasteiger partial charge in [-0.1, -0.05) is 19.4 Å². The normalized spacial score (nSPS) is 10.7. The number of nitrogens with zero attached hydrogens (tertiary/aromatic N) is 3. The van der Waals surface area contributed by atoms with Gasteiger partial charge in [-0.15, -0.1) is 0 Å². The molecule has 0 aromatic heterocycles. The Bertz CT molecular complexity index is 649. The van der Waals surface area contributed by atoms with Gasteiger partial charge in [0, 0.05) is 9.43 Å². The number of esters is 1. The fraction of sp³-hybridized carbons (Fsp3) is 0.417. The van der Waals surface area contributed by atoms with Crippen LogP contribution in [0.5, 0.6) is 0 Å². The third kappa shape index (κ3) is 3.72. The number of sulfonamides is 1. The Hall–Kier alpha value is -2.05. The van der Waals surface area contributed by atoms with E-state index in [1.54, 1.807) is 6.92 Å². The topological polar surface area (TPSA) is 109 Å². The fourth-order valence-electron chi connectivity index (χ4n) is 1.70. The minimum absolute atomic E-state index is 0.110. The van der Waals surface area contributed by atoms with E-state index in [1.807, 2.05) is 6.92 Å². The van der Waals surface area contributed by atoms with Crippen LogP contribution in [0.1, 0.15) is 36.2 Å². The molecule has 0 N–H and O–H groups in total. The molecule has 0 unspecified atom stereocenters. The molecule has 0 bridgehead atoms. The van der Waals surface area contributed by atoms with E-state index in [0.717, 1.165) is 6.42 Å². The molecule has 0 heterocycles. The summed E-state index contributed by atoms with van der Waals surface area (Å²) in [5.74, 6) is -0.618. The maximum atomic E-state index is 11.9. The molecule has 0 radical (unpaired) electrons. The van der Waals surface area contributed by atoms with Crippen LogP contribution in [0.4, 0.5) is 0 Å². The van der Waals surface area contributed by atoms with Gasteiger partial charge >= 0.3 is 5.97 Å². The Morgan fingerprint density at radius 1 is 1.40 bits per heavy atom. The molecular weight excluding hydrogens is 282 g/mol. The quantitative estimate of drug-likeness (QED) is 0.348. The minimum atomic E-state index is -4.13. The summed E-state index contributed by atoms with van der Waals surface area (Å²) in [6.07, 6.45) is 1.22. The van der Waals surface area contributed by atoms with Crippen LogP contribution in [0, 0.1) is 0 Å². The van der Waals surface area contributed by atoms with E-state index in [0.29, 0.717) is 12.0 Å². The van der Waals surface area contributed by atoms with E-state index in [-0.39, 0.29) is 17.1 Å². The second-order valence-electron chi connectivity index (χ2n) is 3.94. The van der Waals surface area contributed by atoms with E-state index in [9.17, 15) is 13.2 Å². The summed E-state index contributed by atoms with van der Waals surface area (Å²) in [6, 6.07) is 4.22. The van der Waals surface area contributed by atoms with Crippen LogP contribution in [0.3, 0.4) is 0 Å². The zero-order chi connectivity index (χ0) is 15.2. The van der Waals surface area contributed by atoms with Crippen molar-refractivity contribution in [1.29, 1.82) is 0 Å². The molecule has 108 valence electrons. The summed E-state index contributed by atoms with van der Waals surface area (Å²) in [4.78, 5) is 13.8. The van der Waals surface area contributed by atoms with Gasteiger partial charge in [-0.25, -0.2) is 13.2 Å². The van der Waals surface area contributed by atoms with Gasteiger partial charge in [0.25, 0.3) is 10.0 Å². The van der Waals surface area contributed by atoms with E-state index in [1.165, 1.54) is 18.2 Å². The molecule has 0 atom stereocenters. The number of aryl methyl sites for hydroxylation is 1. The first-order chi connectivity index (χ1) is 9.46. The lowest BCUT2D eigenvalue weighted by Crippen LogP contribution is -2.08. The number of hydrogen-bond donors (Lipinski definition) is 0. The summed E-state index contributed by atoms with van der Waals surface area (Å²) in [5.41, 5.74) is 8.95. The standard InChI is InChI=1S/C12H15N3O4S/c1-3-5-9-6-7-10(12(16)19-4-2)8-11(9)20(17,18)15-14-13/h6-8H,3-5H2,1-2H3. The van der Waals surface area contributed by atoms with Crippen molar-refractivity contribution in [2.24, 2.45) is 4.52 Å². The number of carbonyl (C=O) groups is 1. The van der Waals surface area contributed by atoms with Gasteiger partial charge in [-0.3, -0.25) is 0 Å². The maximum absolute atomic E-state index is 11.9. The average Bonchev–Trinajstić information content (AvgIpc) is 2.39. The predicted octanol–water partition coefficient (Wildman–Crippen LogP) is 2.81. The van der Waals surface area contributed by atoms with Crippen molar-refractivity contribution in [2.45, 2.75) is 31.6 Å². The highest BCUT2D eigenvalue weighted by molar-refractivity contribution is 7.90. The van der Waals surface area contributed by atoms with E-state index in [2.05, 4.69) is 9.43 Å². The molecule has 0 aliphatic rings. The van der Waals surface area contributed by atoms with Crippen molar-refractivity contribution in [2.75, 3.05) is 6.61 Å². The molecule has 7 nitrogen and oxygen atoms in total. The van der Waals surface area contributed by atoms with Crippen molar-refractivity contribution >= 4 is 16.0 Å². The lowest BCUT2D eigenvalue weighted by Gasteiger charge is -2.09. The van der Waals surface area contributed by atoms with Crippen LogP contribution in [0.15, 0.2) is 27.6 Å².